The molecule has 0 bridgehead atoms. The molecule has 1 N–H and O–H groups in total. The molecule has 2 heterocycles. The highest BCUT2D eigenvalue weighted by atomic mass is 32.1. The van der Waals surface area contributed by atoms with E-state index < -0.39 is 6.10 Å². The molecule has 78 valence electrons. The van der Waals surface area contributed by atoms with E-state index in [4.69, 9.17) is 4.74 Å². The average molecular weight is 221 g/mol. The van der Waals surface area contributed by atoms with Gasteiger partial charge in [-0.1, -0.05) is 6.07 Å². The Balaban J connectivity index is 1.89. The van der Waals surface area contributed by atoms with Crippen molar-refractivity contribution in [2.75, 3.05) is 6.61 Å². The molecule has 1 unspecified atom stereocenters. The molecule has 2 rings (SSSR count). The lowest BCUT2D eigenvalue weighted by atomic mass is 10.3. The Morgan fingerprint density at radius 1 is 1.40 bits per heavy atom. The van der Waals surface area contributed by atoms with Crippen LogP contribution in [0.2, 0.25) is 0 Å². The maximum Gasteiger partial charge on any atom is 0.137 e. The molecule has 4 heteroatoms. The second-order valence-electron chi connectivity index (χ2n) is 3.03. The minimum absolute atomic E-state index is 0.256. The van der Waals surface area contributed by atoms with Gasteiger partial charge in [-0.3, -0.25) is 4.98 Å². The predicted octanol–water partition coefficient (Wildman–Crippen LogP) is 2.26. The van der Waals surface area contributed by atoms with Crippen molar-refractivity contribution in [1.29, 1.82) is 0 Å². The number of hydrogen-bond acceptors (Lipinski definition) is 4. The number of aliphatic hydroxyl groups is 1. The fourth-order valence-corrected chi connectivity index (χ4v) is 1.87. The molecule has 0 aromatic carbocycles. The number of aromatic nitrogens is 1. The second-order valence-corrected chi connectivity index (χ2v) is 4.01. The summed E-state index contributed by atoms with van der Waals surface area (Å²) in [6.07, 6.45) is 2.74. The van der Waals surface area contributed by atoms with Crippen LogP contribution in [-0.4, -0.2) is 16.7 Å². The Labute approximate surface area is 92.0 Å². The molecule has 1 atom stereocenters. The summed E-state index contributed by atoms with van der Waals surface area (Å²) in [5, 5.41) is 11.7. The van der Waals surface area contributed by atoms with Gasteiger partial charge in [-0.2, -0.15) is 0 Å². The monoisotopic (exact) mass is 221 g/mol. The lowest BCUT2D eigenvalue weighted by molar-refractivity contribution is 0.111. The summed E-state index contributed by atoms with van der Waals surface area (Å²) in [6.45, 7) is 0.256. The number of thiophene rings is 1. The fourth-order valence-electron chi connectivity index (χ4n) is 1.17. The molecule has 0 fully saturated rings. The van der Waals surface area contributed by atoms with Gasteiger partial charge < -0.3 is 9.84 Å². The van der Waals surface area contributed by atoms with E-state index in [1.165, 1.54) is 11.3 Å². The number of ether oxygens (including phenoxy) is 1. The molecule has 0 amide bonds. The van der Waals surface area contributed by atoms with Gasteiger partial charge in [0.1, 0.15) is 18.5 Å². The molecule has 0 radical (unpaired) electrons. The number of rotatable bonds is 4. The van der Waals surface area contributed by atoms with Crippen LogP contribution in [0.25, 0.3) is 0 Å². The zero-order valence-corrected chi connectivity index (χ0v) is 8.85. The lowest BCUT2D eigenvalue weighted by Gasteiger charge is -2.10. The summed E-state index contributed by atoms with van der Waals surface area (Å²) in [5.41, 5.74) is 0. The molecule has 2 aromatic heterocycles. The van der Waals surface area contributed by atoms with E-state index in [-0.39, 0.29) is 6.61 Å². The first-order chi connectivity index (χ1) is 7.36. The molecular formula is C11H11NO2S. The molecule has 0 aliphatic rings. The highest BCUT2D eigenvalue weighted by molar-refractivity contribution is 7.10. The van der Waals surface area contributed by atoms with Gasteiger partial charge in [0.25, 0.3) is 0 Å². The van der Waals surface area contributed by atoms with Gasteiger partial charge in [0.2, 0.25) is 0 Å². The molecule has 15 heavy (non-hydrogen) atoms. The van der Waals surface area contributed by atoms with Crippen molar-refractivity contribution in [3.8, 4) is 5.75 Å². The Bertz CT molecular complexity index is 388. The van der Waals surface area contributed by atoms with Crippen molar-refractivity contribution >= 4 is 11.3 Å². The van der Waals surface area contributed by atoms with Gasteiger partial charge in [0.15, 0.2) is 0 Å². The Morgan fingerprint density at radius 3 is 3.00 bits per heavy atom. The summed E-state index contributed by atoms with van der Waals surface area (Å²) in [6, 6.07) is 7.41. The molecule has 2 aromatic rings. The SMILES string of the molecule is OC(COc1cccnc1)c1cccs1. The van der Waals surface area contributed by atoms with Crippen LogP contribution in [0.5, 0.6) is 5.75 Å². The molecule has 0 spiro atoms. The van der Waals surface area contributed by atoms with Crippen molar-refractivity contribution in [2.24, 2.45) is 0 Å². The van der Waals surface area contributed by atoms with Crippen LogP contribution in [-0.2, 0) is 0 Å². The number of hydrogen-bond donors (Lipinski definition) is 1. The Morgan fingerprint density at radius 2 is 2.33 bits per heavy atom. The summed E-state index contributed by atoms with van der Waals surface area (Å²) < 4.78 is 5.39. The first-order valence-electron chi connectivity index (χ1n) is 4.60. The molecular weight excluding hydrogens is 210 g/mol. The standard InChI is InChI=1S/C11H11NO2S/c13-10(11-4-2-6-15-11)8-14-9-3-1-5-12-7-9/h1-7,10,13H,8H2. The van der Waals surface area contributed by atoms with E-state index in [1.807, 2.05) is 23.6 Å². The van der Waals surface area contributed by atoms with Gasteiger partial charge in [-0.05, 0) is 23.6 Å². The smallest absolute Gasteiger partial charge is 0.137 e. The van der Waals surface area contributed by atoms with Gasteiger partial charge in [0, 0.05) is 11.1 Å². The topological polar surface area (TPSA) is 42.4 Å². The summed E-state index contributed by atoms with van der Waals surface area (Å²) in [4.78, 5) is 4.84. The fraction of sp³-hybridized carbons (Fsp3) is 0.182. The third-order valence-corrected chi connectivity index (χ3v) is 2.89. The van der Waals surface area contributed by atoms with Crippen LogP contribution in [0, 0.1) is 0 Å². The Kier molecular flexibility index (Phi) is 3.32. The maximum atomic E-state index is 9.74. The zero-order chi connectivity index (χ0) is 10.5. The van der Waals surface area contributed by atoms with E-state index in [9.17, 15) is 5.11 Å². The van der Waals surface area contributed by atoms with Crippen molar-refractivity contribution < 1.29 is 9.84 Å². The highest BCUT2D eigenvalue weighted by Gasteiger charge is 2.08. The van der Waals surface area contributed by atoms with E-state index in [0.717, 1.165) is 4.88 Å². The largest absolute Gasteiger partial charge is 0.489 e. The number of nitrogens with zero attached hydrogens (tertiary/aromatic N) is 1. The van der Waals surface area contributed by atoms with Gasteiger partial charge in [-0.15, -0.1) is 11.3 Å². The van der Waals surface area contributed by atoms with Gasteiger partial charge in [-0.25, -0.2) is 0 Å². The zero-order valence-electron chi connectivity index (χ0n) is 8.04. The van der Waals surface area contributed by atoms with Crippen LogP contribution in [0.3, 0.4) is 0 Å². The van der Waals surface area contributed by atoms with E-state index in [0.29, 0.717) is 5.75 Å². The quantitative estimate of drug-likeness (QED) is 0.861. The first kappa shape index (κ1) is 10.1. The third-order valence-electron chi connectivity index (χ3n) is 1.91. The van der Waals surface area contributed by atoms with E-state index >= 15 is 0 Å². The third kappa shape index (κ3) is 2.78. The van der Waals surface area contributed by atoms with Crippen molar-refractivity contribution in [2.45, 2.75) is 6.10 Å². The Hall–Kier alpha value is -1.39. The van der Waals surface area contributed by atoms with Crippen LogP contribution >= 0.6 is 11.3 Å². The maximum absolute atomic E-state index is 9.74. The molecule has 0 aliphatic carbocycles. The van der Waals surface area contributed by atoms with Crippen molar-refractivity contribution in [3.05, 3.63) is 46.9 Å². The van der Waals surface area contributed by atoms with Crippen molar-refractivity contribution in [3.63, 3.8) is 0 Å². The summed E-state index contributed by atoms with van der Waals surface area (Å²) >= 11 is 1.52. The van der Waals surface area contributed by atoms with Gasteiger partial charge >= 0.3 is 0 Å². The minimum atomic E-state index is -0.565. The normalized spacial score (nSPS) is 12.3. The molecule has 0 saturated carbocycles. The number of aliphatic hydroxyl groups excluding tert-OH is 1. The first-order valence-corrected chi connectivity index (χ1v) is 5.48. The van der Waals surface area contributed by atoms with E-state index in [1.54, 1.807) is 18.5 Å². The minimum Gasteiger partial charge on any atom is -0.489 e. The summed E-state index contributed by atoms with van der Waals surface area (Å²) in [7, 11) is 0. The van der Waals surface area contributed by atoms with Crippen LogP contribution < -0.4 is 4.74 Å². The highest BCUT2D eigenvalue weighted by Crippen LogP contribution is 2.19. The summed E-state index contributed by atoms with van der Waals surface area (Å²) in [5.74, 6) is 0.674. The lowest BCUT2D eigenvalue weighted by Crippen LogP contribution is -2.08. The van der Waals surface area contributed by atoms with Crippen LogP contribution in [0.15, 0.2) is 42.0 Å². The number of pyridine rings is 1. The molecule has 0 aliphatic heterocycles. The van der Waals surface area contributed by atoms with Gasteiger partial charge in [0.05, 0.1) is 6.20 Å². The molecule has 0 saturated heterocycles. The average Bonchev–Trinajstić information content (AvgIpc) is 2.81. The van der Waals surface area contributed by atoms with Crippen LogP contribution in [0.4, 0.5) is 0 Å². The van der Waals surface area contributed by atoms with Crippen molar-refractivity contribution in [1.82, 2.24) is 4.98 Å². The molecule has 3 nitrogen and oxygen atoms in total. The van der Waals surface area contributed by atoms with Crippen LogP contribution in [0.1, 0.15) is 11.0 Å². The second kappa shape index (κ2) is 4.91. The predicted molar refractivity (Wildman–Crippen MR) is 59.0 cm³/mol. The van der Waals surface area contributed by atoms with E-state index in [2.05, 4.69) is 4.98 Å².